The zero-order chi connectivity index (χ0) is 21.9. The molecule has 0 aliphatic carbocycles. The Kier molecular flexibility index (Phi) is 5.30. The number of esters is 1. The zero-order valence-electron chi connectivity index (χ0n) is 16.6. The number of rotatable bonds is 6. The fourth-order valence-electron chi connectivity index (χ4n) is 3.11. The minimum atomic E-state index is -0.639. The quantitative estimate of drug-likeness (QED) is 0.355. The summed E-state index contributed by atoms with van der Waals surface area (Å²) in [6.07, 6.45) is 3.56. The van der Waals surface area contributed by atoms with Crippen LogP contribution in [0.5, 0.6) is 0 Å². The van der Waals surface area contributed by atoms with Crippen molar-refractivity contribution in [2.45, 2.75) is 6.61 Å². The van der Waals surface area contributed by atoms with Gasteiger partial charge >= 0.3 is 5.97 Å². The van der Waals surface area contributed by atoms with Crippen molar-refractivity contribution in [3.05, 3.63) is 102 Å². The molecular formula is C23H16FN5O2S. The predicted molar refractivity (Wildman–Crippen MR) is 117 cm³/mol. The number of halogens is 1. The lowest BCUT2D eigenvalue weighted by Gasteiger charge is -2.05. The molecule has 0 aliphatic rings. The maximum Gasteiger partial charge on any atom is 0.378 e. The van der Waals surface area contributed by atoms with E-state index in [0.717, 1.165) is 16.1 Å². The van der Waals surface area contributed by atoms with E-state index >= 15 is 0 Å². The Morgan fingerprint density at radius 2 is 1.78 bits per heavy atom. The topological polar surface area (TPSA) is 74.8 Å². The van der Waals surface area contributed by atoms with E-state index in [4.69, 9.17) is 4.74 Å². The number of carbonyl (C=O) groups excluding carboxylic acids is 1. The smallest absolute Gasteiger partial charge is 0.378 e. The van der Waals surface area contributed by atoms with Crippen LogP contribution in [-0.4, -0.2) is 30.5 Å². The highest BCUT2D eigenvalue weighted by molar-refractivity contribution is 7.13. The molecule has 3 heterocycles. The molecule has 0 atom stereocenters. The van der Waals surface area contributed by atoms with Gasteiger partial charge in [0.05, 0.1) is 16.3 Å². The molecule has 2 aromatic carbocycles. The monoisotopic (exact) mass is 445 g/mol. The van der Waals surface area contributed by atoms with Crippen LogP contribution in [0.1, 0.15) is 16.2 Å². The van der Waals surface area contributed by atoms with Gasteiger partial charge in [-0.2, -0.15) is 10.1 Å². The van der Waals surface area contributed by atoms with Crippen molar-refractivity contribution in [3.63, 3.8) is 0 Å². The summed E-state index contributed by atoms with van der Waals surface area (Å²) < 4.78 is 22.0. The molecule has 7 nitrogen and oxygen atoms in total. The first-order valence-electron chi connectivity index (χ1n) is 9.70. The van der Waals surface area contributed by atoms with Gasteiger partial charge in [-0.3, -0.25) is 0 Å². The Labute approximate surface area is 186 Å². The molecular weight excluding hydrogens is 429 g/mol. The Morgan fingerprint density at radius 3 is 2.47 bits per heavy atom. The number of hydrogen-bond acceptors (Lipinski definition) is 6. The van der Waals surface area contributed by atoms with Crippen LogP contribution >= 0.6 is 11.3 Å². The second-order valence-electron chi connectivity index (χ2n) is 6.82. The molecule has 9 heteroatoms. The van der Waals surface area contributed by atoms with Crippen LogP contribution in [0.2, 0.25) is 0 Å². The van der Waals surface area contributed by atoms with E-state index in [1.165, 1.54) is 28.2 Å². The van der Waals surface area contributed by atoms with Gasteiger partial charge in [0.25, 0.3) is 5.82 Å². The maximum absolute atomic E-state index is 13.4. The number of hydrogen-bond donors (Lipinski definition) is 0. The lowest BCUT2D eigenvalue weighted by molar-refractivity contribution is 0.0458. The molecule has 3 aromatic heterocycles. The third-order valence-corrected chi connectivity index (χ3v) is 5.54. The van der Waals surface area contributed by atoms with Crippen molar-refractivity contribution in [2.24, 2.45) is 0 Å². The van der Waals surface area contributed by atoms with Gasteiger partial charge in [0.15, 0.2) is 5.82 Å². The molecule has 5 aromatic rings. The summed E-state index contributed by atoms with van der Waals surface area (Å²) in [5.41, 5.74) is 2.33. The Hall–Kier alpha value is -4.11. The lowest BCUT2D eigenvalue weighted by atomic mass is 10.2. The van der Waals surface area contributed by atoms with Crippen LogP contribution < -0.4 is 0 Å². The molecule has 158 valence electrons. The average Bonchev–Trinajstić information content (AvgIpc) is 3.60. The highest BCUT2D eigenvalue weighted by Gasteiger charge is 2.20. The largest absolute Gasteiger partial charge is 0.455 e. The summed E-state index contributed by atoms with van der Waals surface area (Å²) in [4.78, 5) is 17.9. The first kappa shape index (κ1) is 19.8. The van der Waals surface area contributed by atoms with E-state index in [1.54, 1.807) is 23.0 Å². The van der Waals surface area contributed by atoms with Crippen molar-refractivity contribution in [3.8, 4) is 22.1 Å². The normalized spacial score (nSPS) is 10.9. The molecule has 0 amide bonds. The second kappa shape index (κ2) is 8.56. The standard InChI is InChI=1S/C23H16FN5O2S/c24-17-6-10-19(11-7-17)29-22(20-3-1-14-32-20)26-21(27-29)23(30)31-15-16-4-8-18(9-5-16)28-13-2-12-25-28/h1-14H,15H2. The summed E-state index contributed by atoms with van der Waals surface area (Å²) >= 11 is 1.47. The van der Waals surface area contributed by atoms with Crippen LogP contribution in [0, 0.1) is 5.82 Å². The summed E-state index contributed by atoms with van der Waals surface area (Å²) in [5, 5.41) is 10.4. The molecule has 0 unspecified atom stereocenters. The molecule has 0 N–H and O–H groups in total. The second-order valence-corrected chi connectivity index (χ2v) is 7.77. The Morgan fingerprint density at radius 1 is 1.00 bits per heavy atom. The van der Waals surface area contributed by atoms with Crippen LogP contribution in [0.25, 0.3) is 22.1 Å². The SMILES string of the molecule is O=C(OCc1ccc(-n2cccn2)cc1)c1nc(-c2cccs2)n(-c2ccc(F)cc2)n1. The van der Waals surface area contributed by atoms with Crippen molar-refractivity contribution in [2.75, 3.05) is 0 Å². The van der Waals surface area contributed by atoms with Gasteiger partial charge in [-0.25, -0.2) is 18.5 Å². The fourth-order valence-corrected chi connectivity index (χ4v) is 3.80. The first-order valence-corrected chi connectivity index (χ1v) is 10.6. The van der Waals surface area contributed by atoms with E-state index < -0.39 is 5.97 Å². The van der Waals surface area contributed by atoms with Gasteiger partial charge in [0, 0.05) is 12.4 Å². The molecule has 0 spiro atoms. The van der Waals surface area contributed by atoms with Gasteiger partial charge < -0.3 is 4.74 Å². The van der Waals surface area contributed by atoms with Gasteiger partial charge in [-0.05, 0) is 59.5 Å². The van der Waals surface area contributed by atoms with Crippen molar-refractivity contribution < 1.29 is 13.9 Å². The molecule has 0 aliphatic heterocycles. The molecule has 0 fully saturated rings. The number of carbonyl (C=O) groups is 1. The predicted octanol–water partition coefficient (Wildman–Crippen LogP) is 4.68. The van der Waals surface area contributed by atoms with Crippen molar-refractivity contribution >= 4 is 17.3 Å². The van der Waals surface area contributed by atoms with Gasteiger partial charge in [0.2, 0.25) is 0 Å². The van der Waals surface area contributed by atoms with Crippen LogP contribution in [-0.2, 0) is 11.3 Å². The van der Waals surface area contributed by atoms with Crippen LogP contribution in [0.3, 0.4) is 0 Å². The van der Waals surface area contributed by atoms with Crippen LogP contribution in [0.15, 0.2) is 84.5 Å². The van der Waals surface area contributed by atoms with Crippen molar-refractivity contribution in [1.82, 2.24) is 24.5 Å². The zero-order valence-corrected chi connectivity index (χ0v) is 17.4. The molecule has 0 saturated carbocycles. The molecule has 0 radical (unpaired) electrons. The Balaban J connectivity index is 1.35. The molecule has 32 heavy (non-hydrogen) atoms. The summed E-state index contributed by atoms with van der Waals surface area (Å²) in [5.74, 6) is -0.572. The molecule has 0 bridgehead atoms. The van der Waals surface area contributed by atoms with Gasteiger partial charge in [0.1, 0.15) is 12.4 Å². The molecule has 0 saturated heterocycles. The van der Waals surface area contributed by atoms with Gasteiger partial charge in [-0.1, -0.05) is 18.2 Å². The highest BCUT2D eigenvalue weighted by atomic mass is 32.1. The maximum atomic E-state index is 13.4. The minimum absolute atomic E-state index is 0.0640. The number of aromatic nitrogens is 5. The van der Waals surface area contributed by atoms with E-state index in [9.17, 15) is 9.18 Å². The summed E-state index contributed by atoms with van der Waals surface area (Å²) in [7, 11) is 0. The lowest BCUT2D eigenvalue weighted by Crippen LogP contribution is -2.08. The highest BCUT2D eigenvalue weighted by Crippen LogP contribution is 2.26. The first-order chi connectivity index (χ1) is 15.7. The molecule has 5 rings (SSSR count). The third-order valence-electron chi connectivity index (χ3n) is 4.68. The average molecular weight is 445 g/mol. The summed E-state index contributed by atoms with van der Waals surface area (Å²) in [6.45, 7) is 0.0810. The van der Waals surface area contributed by atoms with E-state index in [2.05, 4.69) is 15.2 Å². The number of benzene rings is 2. The minimum Gasteiger partial charge on any atom is -0.455 e. The number of thiophene rings is 1. The van der Waals surface area contributed by atoms with E-state index in [1.807, 2.05) is 54.0 Å². The van der Waals surface area contributed by atoms with E-state index in [-0.39, 0.29) is 18.2 Å². The summed E-state index contributed by atoms with van der Waals surface area (Å²) in [6, 6.07) is 19.0. The van der Waals surface area contributed by atoms with Crippen molar-refractivity contribution in [1.29, 1.82) is 0 Å². The number of nitrogens with zero attached hydrogens (tertiary/aromatic N) is 5. The van der Waals surface area contributed by atoms with Crippen LogP contribution in [0.4, 0.5) is 4.39 Å². The van der Waals surface area contributed by atoms with E-state index in [0.29, 0.717) is 11.5 Å². The fraction of sp³-hybridized carbons (Fsp3) is 0.0435. The Bertz CT molecular complexity index is 1330. The third kappa shape index (κ3) is 4.06. The van der Waals surface area contributed by atoms with Gasteiger partial charge in [-0.15, -0.1) is 16.4 Å². The number of ether oxygens (including phenoxy) is 1.